The molecule has 0 unspecified atom stereocenters. The highest BCUT2D eigenvalue weighted by Gasteiger charge is 2.42. The minimum absolute atomic E-state index is 0.0494. The summed E-state index contributed by atoms with van der Waals surface area (Å²) in [5.41, 5.74) is 8.46. The van der Waals surface area contributed by atoms with Crippen LogP contribution in [0.2, 0.25) is 5.02 Å². The zero-order chi connectivity index (χ0) is 25.4. The molecule has 0 aliphatic carbocycles. The number of aliphatic hydroxyl groups excluding tert-OH is 1. The van der Waals surface area contributed by atoms with Crippen LogP contribution in [-0.4, -0.2) is 52.8 Å². The minimum atomic E-state index is -0.745. The molecular weight excluding hydrogens is 487 g/mol. The van der Waals surface area contributed by atoms with E-state index in [2.05, 4.69) is 10.3 Å². The van der Waals surface area contributed by atoms with E-state index < -0.39 is 17.8 Å². The summed E-state index contributed by atoms with van der Waals surface area (Å²) < 4.78 is 20.2. The lowest BCUT2D eigenvalue weighted by atomic mass is 9.94. The molecule has 5 rings (SSSR count). The molecule has 2 fully saturated rings. The average Bonchev–Trinajstić information content (AvgIpc) is 3.44. The van der Waals surface area contributed by atoms with Crippen LogP contribution in [0.25, 0.3) is 11.1 Å². The van der Waals surface area contributed by atoms with Crippen molar-refractivity contribution in [1.29, 1.82) is 0 Å². The topological polar surface area (TPSA) is 118 Å². The number of benzene rings is 2. The number of halogens is 2. The van der Waals surface area contributed by atoms with Gasteiger partial charge in [-0.3, -0.25) is 4.79 Å². The van der Waals surface area contributed by atoms with E-state index in [-0.39, 0.29) is 36.0 Å². The first-order valence-electron chi connectivity index (χ1n) is 11.5. The third-order valence-electron chi connectivity index (χ3n) is 6.72. The Hall–Kier alpha value is -3.69. The summed E-state index contributed by atoms with van der Waals surface area (Å²) in [7, 11) is 0. The lowest BCUT2D eigenvalue weighted by Gasteiger charge is -2.18. The first-order valence-corrected chi connectivity index (χ1v) is 11.9. The van der Waals surface area contributed by atoms with E-state index in [9.17, 15) is 14.7 Å². The number of cyclic esters (lactones) is 1. The standard InChI is InChI=1S/C26H24ClFN4O4/c27-18-3-1-2-15(6-18)23(12-33)31-25(34)20-5-4-14(9-22(20)28)21-8-16(10-30-24(21)29)17-7-19-13-36-26(35)32(19)11-17/h1-6,8-10,17,19,23,33H,7,11-13H2,(H2,29,30)(H,31,34)/t17-,19-,23+/m0/s1. The highest BCUT2D eigenvalue weighted by atomic mass is 35.5. The predicted octanol–water partition coefficient (Wildman–Crippen LogP) is 3.89. The molecule has 8 nitrogen and oxygen atoms in total. The number of carbonyl (C=O) groups excluding carboxylic acids is 2. The molecule has 2 aliphatic heterocycles. The van der Waals surface area contributed by atoms with Crippen LogP contribution >= 0.6 is 11.6 Å². The second-order valence-electron chi connectivity index (χ2n) is 8.98. The number of aromatic nitrogens is 1. The van der Waals surface area contributed by atoms with E-state index in [0.29, 0.717) is 34.9 Å². The molecule has 186 valence electrons. The lowest BCUT2D eigenvalue weighted by Crippen LogP contribution is -2.31. The van der Waals surface area contributed by atoms with Crippen molar-refractivity contribution < 1.29 is 23.8 Å². The number of nitrogens with zero attached hydrogens (tertiary/aromatic N) is 2. The molecule has 2 amide bonds. The molecular formula is C26H24ClFN4O4. The first-order chi connectivity index (χ1) is 17.3. The number of hydrogen-bond donors (Lipinski definition) is 3. The Labute approximate surface area is 211 Å². The van der Waals surface area contributed by atoms with E-state index in [0.717, 1.165) is 12.0 Å². The number of rotatable bonds is 6. The van der Waals surface area contributed by atoms with Gasteiger partial charge < -0.3 is 25.8 Å². The average molecular weight is 511 g/mol. The fraction of sp³-hybridized carbons (Fsp3) is 0.269. The van der Waals surface area contributed by atoms with Gasteiger partial charge in [-0.05, 0) is 53.4 Å². The van der Waals surface area contributed by atoms with Crippen molar-refractivity contribution in [3.05, 3.63) is 82.3 Å². The second-order valence-corrected chi connectivity index (χ2v) is 9.41. The summed E-state index contributed by atoms with van der Waals surface area (Å²) in [6, 6.07) is 12.1. The van der Waals surface area contributed by atoms with Gasteiger partial charge in [0, 0.05) is 29.2 Å². The number of nitrogens with two attached hydrogens (primary N) is 1. The molecule has 0 radical (unpaired) electrons. The van der Waals surface area contributed by atoms with Gasteiger partial charge in [0.05, 0.1) is 24.3 Å². The number of pyridine rings is 1. The van der Waals surface area contributed by atoms with E-state index in [4.69, 9.17) is 22.1 Å². The Morgan fingerprint density at radius 2 is 2.14 bits per heavy atom. The molecule has 2 saturated heterocycles. The molecule has 1 aromatic heterocycles. The molecule has 3 aromatic rings. The Morgan fingerprint density at radius 3 is 2.86 bits per heavy atom. The van der Waals surface area contributed by atoms with E-state index >= 15 is 4.39 Å². The molecule has 3 atom stereocenters. The van der Waals surface area contributed by atoms with Gasteiger partial charge in [0.25, 0.3) is 5.91 Å². The summed E-state index contributed by atoms with van der Waals surface area (Å²) in [4.78, 5) is 30.7. The maximum atomic E-state index is 15.1. The van der Waals surface area contributed by atoms with Crippen LogP contribution in [0, 0.1) is 5.82 Å². The summed E-state index contributed by atoms with van der Waals surface area (Å²) in [6.07, 6.45) is 2.13. The molecule has 3 heterocycles. The Morgan fingerprint density at radius 1 is 1.31 bits per heavy atom. The number of nitrogens with one attached hydrogen (secondary N) is 1. The third-order valence-corrected chi connectivity index (χ3v) is 6.96. The van der Waals surface area contributed by atoms with Crippen molar-refractivity contribution in [3.63, 3.8) is 0 Å². The Kier molecular flexibility index (Phi) is 6.51. The van der Waals surface area contributed by atoms with Crippen molar-refractivity contribution in [2.75, 3.05) is 25.5 Å². The SMILES string of the molecule is Nc1ncc([C@H]2C[C@H]3COC(=O)N3C2)cc1-c1ccc(C(=O)N[C@H](CO)c2cccc(Cl)c2)c(F)c1. The van der Waals surface area contributed by atoms with Crippen molar-refractivity contribution in [2.45, 2.75) is 24.4 Å². The van der Waals surface area contributed by atoms with Crippen LogP contribution < -0.4 is 11.1 Å². The van der Waals surface area contributed by atoms with Crippen LogP contribution in [0.15, 0.2) is 54.7 Å². The minimum Gasteiger partial charge on any atom is -0.447 e. The monoisotopic (exact) mass is 510 g/mol. The van der Waals surface area contributed by atoms with E-state index in [1.54, 1.807) is 41.4 Å². The van der Waals surface area contributed by atoms with Gasteiger partial charge in [-0.15, -0.1) is 0 Å². The lowest BCUT2D eigenvalue weighted by molar-refractivity contribution is 0.0912. The van der Waals surface area contributed by atoms with Crippen molar-refractivity contribution in [2.24, 2.45) is 0 Å². The zero-order valence-electron chi connectivity index (χ0n) is 19.2. The summed E-state index contributed by atoms with van der Waals surface area (Å²) >= 11 is 6.00. The molecule has 36 heavy (non-hydrogen) atoms. The Bertz CT molecular complexity index is 1340. The van der Waals surface area contributed by atoms with Gasteiger partial charge in [-0.1, -0.05) is 29.8 Å². The number of anilines is 1. The molecule has 2 aliphatic rings. The molecule has 4 N–H and O–H groups in total. The summed E-state index contributed by atoms with van der Waals surface area (Å²) in [5, 5.41) is 12.8. The maximum Gasteiger partial charge on any atom is 0.410 e. The van der Waals surface area contributed by atoms with Gasteiger partial charge in [-0.2, -0.15) is 0 Å². The number of nitrogen functional groups attached to an aromatic ring is 1. The van der Waals surface area contributed by atoms with Crippen LogP contribution in [0.3, 0.4) is 0 Å². The third kappa shape index (κ3) is 4.59. The molecule has 0 spiro atoms. The van der Waals surface area contributed by atoms with Crippen molar-refractivity contribution >= 4 is 29.4 Å². The van der Waals surface area contributed by atoms with Crippen LogP contribution in [-0.2, 0) is 4.74 Å². The molecule has 2 aromatic carbocycles. The number of fused-ring (bicyclic) bond motifs is 1. The largest absolute Gasteiger partial charge is 0.447 e. The summed E-state index contributed by atoms with van der Waals surface area (Å²) in [5.74, 6) is -1.10. The first kappa shape index (κ1) is 24.0. The van der Waals surface area contributed by atoms with E-state index in [1.807, 2.05) is 6.07 Å². The van der Waals surface area contributed by atoms with Crippen molar-refractivity contribution in [3.8, 4) is 11.1 Å². The highest BCUT2D eigenvalue weighted by Crippen LogP contribution is 2.37. The fourth-order valence-electron chi connectivity index (χ4n) is 4.80. The smallest absolute Gasteiger partial charge is 0.410 e. The predicted molar refractivity (Wildman–Crippen MR) is 132 cm³/mol. The van der Waals surface area contributed by atoms with Crippen molar-refractivity contribution in [1.82, 2.24) is 15.2 Å². The van der Waals surface area contributed by atoms with Crippen LogP contribution in [0.4, 0.5) is 15.0 Å². The van der Waals surface area contributed by atoms with Gasteiger partial charge in [0.2, 0.25) is 0 Å². The van der Waals surface area contributed by atoms with Crippen LogP contribution in [0.1, 0.15) is 39.9 Å². The number of amides is 2. The number of carbonyl (C=O) groups is 2. The van der Waals surface area contributed by atoms with Gasteiger partial charge in [-0.25, -0.2) is 14.2 Å². The second kappa shape index (κ2) is 9.75. The zero-order valence-corrected chi connectivity index (χ0v) is 19.9. The molecule has 0 saturated carbocycles. The fourth-order valence-corrected chi connectivity index (χ4v) is 5.00. The molecule has 10 heteroatoms. The highest BCUT2D eigenvalue weighted by molar-refractivity contribution is 6.30. The Balaban J connectivity index is 1.36. The van der Waals surface area contributed by atoms with Gasteiger partial charge >= 0.3 is 6.09 Å². The molecule has 0 bridgehead atoms. The number of hydrogen-bond acceptors (Lipinski definition) is 6. The quantitative estimate of drug-likeness (QED) is 0.463. The van der Waals surface area contributed by atoms with Gasteiger partial charge in [0.1, 0.15) is 18.2 Å². The maximum absolute atomic E-state index is 15.1. The normalized spacial score (nSPS) is 19.6. The van der Waals surface area contributed by atoms with Crippen LogP contribution in [0.5, 0.6) is 0 Å². The number of aliphatic hydroxyl groups is 1. The summed E-state index contributed by atoms with van der Waals surface area (Å²) in [6.45, 7) is 0.534. The number of ether oxygens (including phenoxy) is 1. The van der Waals surface area contributed by atoms with E-state index in [1.165, 1.54) is 12.1 Å². The van der Waals surface area contributed by atoms with Gasteiger partial charge in [0.15, 0.2) is 0 Å².